The number of guanidine groups is 1. The second-order valence-corrected chi connectivity index (χ2v) is 7.22. The summed E-state index contributed by atoms with van der Waals surface area (Å²) in [6, 6.07) is 0. The van der Waals surface area contributed by atoms with Gasteiger partial charge in [-0.1, -0.05) is 0 Å². The first-order chi connectivity index (χ1) is 9.98. The minimum atomic E-state index is 0. The summed E-state index contributed by atoms with van der Waals surface area (Å²) in [4.78, 5) is 4.66. The van der Waals surface area contributed by atoms with Gasteiger partial charge >= 0.3 is 0 Å². The molecule has 3 N–H and O–H groups in total. The molecule has 128 valence electrons. The minimum Gasteiger partial charge on any atom is -0.357 e. The molecule has 1 rings (SSSR count). The topological polar surface area (TPSA) is 65.1 Å². The molecule has 0 aromatic carbocycles. The Labute approximate surface area is 155 Å². The molecule has 0 unspecified atom stereocenters. The normalized spacial score (nSPS) is 12.0. The van der Waals surface area contributed by atoms with E-state index in [4.69, 9.17) is 0 Å². The zero-order valence-corrected chi connectivity index (χ0v) is 17.5. The molecule has 0 fully saturated rings. The molecule has 0 aliphatic carbocycles. The fourth-order valence-corrected chi connectivity index (χ4v) is 1.98. The van der Waals surface area contributed by atoms with Crippen LogP contribution in [0, 0.1) is 6.92 Å². The van der Waals surface area contributed by atoms with Crippen molar-refractivity contribution in [2.24, 2.45) is 4.99 Å². The number of hydrogen-bond donors (Lipinski definition) is 3. The third-order valence-corrected chi connectivity index (χ3v) is 4.60. The highest BCUT2D eigenvalue weighted by Gasteiger charge is 2.15. The summed E-state index contributed by atoms with van der Waals surface area (Å²) in [7, 11) is 0. The maximum Gasteiger partial charge on any atom is 0.191 e. The highest BCUT2D eigenvalue weighted by Crippen LogP contribution is 2.20. The Morgan fingerprint density at radius 1 is 1.41 bits per heavy atom. The molecule has 0 bridgehead atoms. The van der Waals surface area contributed by atoms with Crippen molar-refractivity contribution in [3.63, 3.8) is 0 Å². The van der Waals surface area contributed by atoms with E-state index in [1.54, 1.807) is 0 Å². The van der Waals surface area contributed by atoms with Crippen LogP contribution < -0.4 is 10.6 Å². The van der Waals surface area contributed by atoms with Crippen LogP contribution in [-0.4, -0.2) is 46.8 Å². The van der Waals surface area contributed by atoms with E-state index in [2.05, 4.69) is 59.8 Å². The van der Waals surface area contributed by atoms with Crippen molar-refractivity contribution >= 4 is 41.7 Å². The van der Waals surface area contributed by atoms with Crippen LogP contribution >= 0.6 is 35.7 Å². The molecule has 5 nitrogen and oxygen atoms in total. The van der Waals surface area contributed by atoms with E-state index in [0.717, 1.165) is 44.1 Å². The summed E-state index contributed by atoms with van der Waals surface area (Å²) in [6.45, 7) is 11.2. The van der Waals surface area contributed by atoms with E-state index in [-0.39, 0.29) is 28.7 Å². The molecule has 0 saturated heterocycles. The molecule has 0 radical (unpaired) electrons. The fraction of sp³-hybridized carbons (Fsp3) is 0.733. The molecular weight excluding hydrogens is 409 g/mol. The number of rotatable bonds is 8. The number of aliphatic imine (C=N–C) groups is 1. The van der Waals surface area contributed by atoms with Crippen molar-refractivity contribution in [1.82, 2.24) is 20.8 Å². The van der Waals surface area contributed by atoms with Crippen molar-refractivity contribution in [2.45, 2.75) is 45.3 Å². The van der Waals surface area contributed by atoms with Gasteiger partial charge in [-0.2, -0.15) is 16.9 Å². The van der Waals surface area contributed by atoms with Crippen molar-refractivity contribution in [3.05, 3.63) is 17.5 Å². The summed E-state index contributed by atoms with van der Waals surface area (Å²) < 4.78 is 0.177. The number of halogens is 1. The lowest BCUT2D eigenvalue weighted by atomic mass is 10.1. The predicted molar refractivity (Wildman–Crippen MR) is 109 cm³/mol. The third kappa shape index (κ3) is 8.26. The van der Waals surface area contributed by atoms with Gasteiger partial charge in [0.05, 0.1) is 12.7 Å². The van der Waals surface area contributed by atoms with Crippen LogP contribution in [-0.2, 0) is 6.42 Å². The van der Waals surface area contributed by atoms with Gasteiger partial charge in [0.2, 0.25) is 0 Å². The molecule has 0 aliphatic rings. The third-order valence-electron chi connectivity index (χ3n) is 3.36. The zero-order chi connectivity index (χ0) is 15.7. The monoisotopic (exact) mass is 439 g/mol. The first kappa shape index (κ1) is 21.6. The average molecular weight is 439 g/mol. The summed E-state index contributed by atoms with van der Waals surface area (Å²) in [6.07, 6.45) is 6.14. The van der Waals surface area contributed by atoms with E-state index >= 15 is 0 Å². The Kier molecular flexibility index (Phi) is 10.9. The van der Waals surface area contributed by atoms with Crippen molar-refractivity contribution < 1.29 is 0 Å². The average Bonchev–Trinajstić information content (AvgIpc) is 2.86. The van der Waals surface area contributed by atoms with Crippen molar-refractivity contribution in [2.75, 3.05) is 25.9 Å². The lowest BCUT2D eigenvalue weighted by Crippen LogP contribution is -2.39. The predicted octanol–water partition coefficient (Wildman–Crippen LogP) is 2.97. The molecule has 1 aromatic heterocycles. The number of aryl methyl sites for hydroxylation is 2. The highest BCUT2D eigenvalue weighted by molar-refractivity contribution is 14.0. The number of H-pyrrole nitrogens is 1. The SMILES string of the molecule is CCNC(=NCC(C)(C)SC)NCCCc1cn[nH]c1C.I. The van der Waals surface area contributed by atoms with Crippen LogP contribution in [0.15, 0.2) is 11.2 Å². The van der Waals surface area contributed by atoms with E-state index in [0.29, 0.717) is 0 Å². The number of nitrogens with one attached hydrogen (secondary N) is 3. The van der Waals surface area contributed by atoms with Gasteiger partial charge in [0.1, 0.15) is 0 Å². The number of aromatic amines is 1. The first-order valence-electron chi connectivity index (χ1n) is 7.54. The Hall–Kier alpha value is -0.440. The van der Waals surface area contributed by atoms with Gasteiger partial charge in [-0.3, -0.25) is 10.1 Å². The van der Waals surface area contributed by atoms with Crippen LogP contribution in [0.1, 0.15) is 38.4 Å². The number of aromatic nitrogens is 2. The quantitative estimate of drug-likeness (QED) is 0.252. The molecule has 0 saturated carbocycles. The summed E-state index contributed by atoms with van der Waals surface area (Å²) in [5.74, 6) is 0.906. The molecule has 7 heteroatoms. The Bertz CT molecular complexity index is 445. The lowest BCUT2D eigenvalue weighted by Gasteiger charge is -2.20. The van der Waals surface area contributed by atoms with Gasteiger partial charge in [0.15, 0.2) is 5.96 Å². The minimum absolute atomic E-state index is 0. The van der Waals surface area contributed by atoms with Gasteiger partial charge in [0, 0.05) is 23.5 Å². The fourth-order valence-electron chi connectivity index (χ4n) is 1.79. The lowest BCUT2D eigenvalue weighted by molar-refractivity contribution is 0.701. The summed E-state index contributed by atoms with van der Waals surface area (Å²) in [5.41, 5.74) is 2.46. The maximum atomic E-state index is 4.66. The number of thioether (sulfide) groups is 1. The van der Waals surface area contributed by atoms with E-state index in [1.807, 2.05) is 18.0 Å². The smallest absolute Gasteiger partial charge is 0.191 e. The number of hydrogen-bond acceptors (Lipinski definition) is 3. The maximum absolute atomic E-state index is 4.66. The van der Waals surface area contributed by atoms with Gasteiger partial charge < -0.3 is 10.6 Å². The highest BCUT2D eigenvalue weighted by atomic mass is 127. The molecule has 22 heavy (non-hydrogen) atoms. The Morgan fingerprint density at radius 2 is 2.14 bits per heavy atom. The molecule has 0 atom stereocenters. The van der Waals surface area contributed by atoms with Crippen LogP contribution in [0.3, 0.4) is 0 Å². The largest absolute Gasteiger partial charge is 0.357 e. The van der Waals surface area contributed by atoms with Crippen LogP contribution in [0.2, 0.25) is 0 Å². The van der Waals surface area contributed by atoms with Gasteiger partial charge in [-0.15, -0.1) is 24.0 Å². The van der Waals surface area contributed by atoms with Gasteiger partial charge in [-0.25, -0.2) is 0 Å². The second kappa shape index (κ2) is 11.2. The molecular formula is C15H30IN5S. The first-order valence-corrected chi connectivity index (χ1v) is 8.77. The van der Waals surface area contributed by atoms with Gasteiger partial charge in [-0.05, 0) is 52.4 Å². The molecule has 0 amide bonds. The molecule has 1 aromatic rings. The summed E-state index contributed by atoms with van der Waals surface area (Å²) >= 11 is 1.84. The summed E-state index contributed by atoms with van der Waals surface area (Å²) in [5, 5.41) is 13.7. The molecule has 1 heterocycles. The van der Waals surface area contributed by atoms with E-state index in [1.165, 1.54) is 5.56 Å². The van der Waals surface area contributed by atoms with Crippen molar-refractivity contribution in [1.29, 1.82) is 0 Å². The van der Waals surface area contributed by atoms with E-state index < -0.39 is 0 Å². The van der Waals surface area contributed by atoms with Crippen LogP contribution in [0.25, 0.3) is 0 Å². The van der Waals surface area contributed by atoms with Crippen molar-refractivity contribution in [3.8, 4) is 0 Å². The standard InChI is InChI=1S/C15H29N5S.HI/c1-6-16-14(18-11-15(3,4)21-5)17-9-7-8-13-10-19-20-12(13)2;/h10H,6-9,11H2,1-5H3,(H,19,20)(H2,16,17,18);1H. The van der Waals surface area contributed by atoms with Crippen LogP contribution in [0.4, 0.5) is 0 Å². The Balaban J connectivity index is 0.00000441. The van der Waals surface area contributed by atoms with Gasteiger partial charge in [0.25, 0.3) is 0 Å². The Morgan fingerprint density at radius 3 is 2.68 bits per heavy atom. The molecule has 0 spiro atoms. The second-order valence-electron chi connectivity index (χ2n) is 5.71. The van der Waals surface area contributed by atoms with Crippen LogP contribution in [0.5, 0.6) is 0 Å². The van der Waals surface area contributed by atoms with E-state index in [9.17, 15) is 0 Å². The molecule has 0 aliphatic heterocycles. The number of nitrogens with zero attached hydrogens (tertiary/aromatic N) is 2. The zero-order valence-electron chi connectivity index (χ0n) is 14.3.